The normalized spacial score (nSPS) is 10.1. The van der Waals surface area contributed by atoms with Gasteiger partial charge in [-0.1, -0.05) is 19.8 Å². The minimum absolute atomic E-state index is 0.764. The van der Waals surface area contributed by atoms with E-state index in [9.17, 15) is 0 Å². The van der Waals surface area contributed by atoms with Gasteiger partial charge in [0.2, 0.25) is 0 Å². The van der Waals surface area contributed by atoms with E-state index in [1.807, 2.05) is 12.4 Å². The Hall–Kier alpha value is -1.51. The molecule has 0 fully saturated rings. The van der Waals surface area contributed by atoms with E-state index in [-0.39, 0.29) is 0 Å². The summed E-state index contributed by atoms with van der Waals surface area (Å²) in [5.41, 5.74) is 1.30. The third-order valence-electron chi connectivity index (χ3n) is 3.04. The van der Waals surface area contributed by atoms with Crippen molar-refractivity contribution in [3.63, 3.8) is 0 Å². The van der Waals surface area contributed by atoms with Gasteiger partial charge in [-0.2, -0.15) is 0 Å². The molecule has 0 N–H and O–H groups in total. The summed E-state index contributed by atoms with van der Waals surface area (Å²) in [7, 11) is 1.68. The van der Waals surface area contributed by atoms with E-state index in [0.717, 1.165) is 25.4 Å². The maximum absolute atomic E-state index is 5.25. The summed E-state index contributed by atoms with van der Waals surface area (Å²) in [4.78, 5) is 6.25. The number of aromatic nitrogens is 1. The highest BCUT2D eigenvalue weighted by Crippen LogP contribution is 2.08. The second-order valence-corrected chi connectivity index (χ2v) is 4.40. The van der Waals surface area contributed by atoms with Crippen molar-refractivity contribution in [1.82, 2.24) is 9.88 Å². The highest BCUT2D eigenvalue weighted by atomic mass is 16.5. The summed E-state index contributed by atoms with van der Waals surface area (Å²) >= 11 is 0. The highest BCUT2D eigenvalue weighted by Gasteiger charge is 2.07. The molecule has 0 aliphatic heterocycles. The maximum Gasteiger partial charge on any atom is 0.181 e. The first-order valence-corrected chi connectivity index (χ1v) is 6.64. The number of ether oxygens (including phenoxy) is 1. The van der Waals surface area contributed by atoms with Crippen molar-refractivity contribution in [1.29, 1.82) is 0 Å². The first-order chi connectivity index (χ1) is 8.77. The Kier molecular flexibility index (Phi) is 6.92. The van der Waals surface area contributed by atoms with Crippen molar-refractivity contribution >= 4 is 0 Å². The molecule has 3 nitrogen and oxygen atoms in total. The molecule has 0 saturated heterocycles. The van der Waals surface area contributed by atoms with Gasteiger partial charge in [0.1, 0.15) is 0 Å². The molecule has 1 aromatic rings. The van der Waals surface area contributed by atoms with Gasteiger partial charge in [-0.15, -0.1) is 0 Å². The third-order valence-corrected chi connectivity index (χ3v) is 3.04. The number of rotatable bonds is 9. The largest absolute Gasteiger partial charge is 0.483 e. The molecule has 0 saturated carbocycles. The van der Waals surface area contributed by atoms with Gasteiger partial charge in [-0.3, -0.25) is 4.98 Å². The zero-order valence-electron chi connectivity index (χ0n) is 11.6. The maximum atomic E-state index is 5.25. The SMILES string of the molecule is C=C(OC)N(CCCCC)CCc1ccncc1. The van der Waals surface area contributed by atoms with Crippen molar-refractivity contribution in [2.45, 2.75) is 32.6 Å². The molecule has 0 radical (unpaired) electrons. The lowest BCUT2D eigenvalue weighted by Crippen LogP contribution is -2.27. The minimum atomic E-state index is 0.764. The van der Waals surface area contributed by atoms with Crippen LogP contribution in [0, 0.1) is 0 Å². The van der Waals surface area contributed by atoms with E-state index in [1.54, 1.807) is 7.11 Å². The number of unbranched alkanes of at least 4 members (excludes halogenated alkanes) is 2. The molecule has 0 bridgehead atoms. The van der Waals surface area contributed by atoms with Crippen LogP contribution in [0.1, 0.15) is 31.7 Å². The van der Waals surface area contributed by atoms with Crippen LogP contribution in [-0.2, 0) is 11.2 Å². The van der Waals surface area contributed by atoms with Crippen molar-refractivity contribution in [2.75, 3.05) is 20.2 Å². The van der Waals surface area contributed by atoms with Crippen molar-refractivity contribution < 1.29 is 4.74 Å². The molecule has 100 valence electrons. The monoisotopic (exact) mass is 248 g/mol. The zero-order chi connectivity index (χ0) is 13.2. The average Bonchev–Trinajstić information content (AvgIpc) is 2.43. The summed E-state index contributed by atoms with van der Waals surface area (Å²) in [6, 6.07) is 4.11. The smallest absolute Gasteiger partial charge is 0.181 e. The molecule has 0 spiro atoms. The summed E-state index contributed by atoms with van der Waals surface area (Å²) in [5, 5.41) is 0. The predicted molar refractivity (Wildman–Crippen MR) is 75.2 cm³/mol. The molecule has 0 amide bonds. The van der Waals surface area contributed by atoms with Gasteiger partial charge in [0.05, 0.1) is 7.11 Å². The van der Waals surface area contributed by atoms with Crippen LogP contribution >= 0.6 is 0 Å². The first kappa shape index (κ1) is 14.6. The van der Waals surface area contributed by atoms with Crippen LogP contribution in [-0.4, -0.2) is 30.1 Å². The summed E-state index contributed by atoms with van der Waals surface area (Å²) in [6.45, 7) is 8.13. The van der Waals surface area contributed by atoms with E-state index in [0.29, 0.717) is 0 Å². The van der Waals surface area contributed by atoms with Gasteiger partial charge < -0.3 is 9.64 Å². The summed E-state index contributed by atoms with van der Waals surface area (Å²) < 4.78 is 5.25. The average molecular weight is 248 g/mol. The Morgan fingerprint density at radius 1 is 1.28 bits per heavy atom. The summed E-state index contributed by atoms with van der Waals surface area (Å²) in [6.07, 6.45) is 8.34. The van der Waals surface area contributed by atoms with Crippen LogP contribution in [0.15, 0.2) is 37.0 Å². The Labute approximate surface area is 110 Å². The highest BCUT2D eigenvalue weighted by molar-refractivity contribution is 5.10. The molecule has 18 heavy (non-hydrogen) atoms. The van der Waals surface area contributed by atoms with Gasteiger partial charge in [0.15, 0.2) is 5.88 Å². The van der Waals surface area contributed by atoms with Gasteiger partial charge in [0.25, 0.3) is 0 Å². The minimum Gasteiger partial charge on any atom is -0.483 e. The molecule has 0 aromatic carbocycles. The van der Waals surface area contributed by atoms with E-state index in [2.05, 4.69) is 35.5 Å². The number of nitrogens with zero attached hydrogens (tertiary/aromatic N) is 2. The van der Waals surface area contributed by atoms with Crippen LogP contribution in [0.3, 0.4) is 0 Å². The van der Waals surface area contributed by atoms with Gasteiger partial charge in [0, 0.05) is 25.5 Å². The van der Waals surface area contributed by atoms with E-state index >= 15 is 0 Å². The quantitative estimate of drug-likeness (QED) is 0.495. The second-order valence-electron chi connectivity index (χ2n) is 4.40. The Balaban J connectivity index is 2.43. The van der Waals surface area contributed by atoms with Crippen LogP contribution < -0.4 is 0 Å². The molecular formula is C15H24N2O. The van der Waals surface area contributed by atoms with Gasteiger partial charge >= 0.3 is 0 Å². The molecular weight excluding hydrogens is 224 g/mol. The molecule has 1 rings (SSSR count). The lowest BCUT2D eigenvalue weighted by atomic mass is 10.2. The van der Waals surface area contributed by atoms with E-state index in [4.69, 9.17) is 4.74 Å². The molecule has 1 aromatic heterocycles. The zero-order valence-corrected chi connectivity index (χ0v) is 11.6. The van der Waals surface area contributed by atoms with Gasteiger partial charge in [-0.25, -0.2) is 0 Å². The van der Waals surface area contributed by atoms with Crippen LogP contribution in [0.4, 0.5) is 0 Å². The number of hydrogen-bond acceptors (Lipinski definition) is 3. The first-order valence-electron chi connectivity index (χ1n) is 6.64. The molecule has 0 aliphatic rings. The lowest BCUT2D eigenvalue weighted by Gasteiger charge is -2.25. The van der Waals surface area contributed by atoms with Crippen molar-refractivity contribution in [3.8, 4) is 0 Å². The fourth-order valence-electron chi connectivity index (χ4n) is 1.86. The van der Waals surface area contributed by atoms with Crippen LogP contribution in [0.25, 0.3) is 0 Å². The molecule has 0 unspecified atom stereocenters. The number of hydrogen-bond donors (Lipinski definition) is 0. The fraction of sp³-hybridized carbons (Fsp3) is 0.533. The number of pyridine rings is 1. The van der Waals surface area contributed by atoms with Crippen molar-refractivity contribution in [2.24, 2.45) is 0 Å². The van der Waals surface area contributed by atoms with Crippen LogP contribution in [0.2, 0.25) is 0 Å². The Bertz CT molecular complexity index is 338. The third kappa shape index (κ3) is 5.21. The predicted octanol–water partition coefficient (Wildman–Crippen LogP) is 3.23. The standard InChI is InChI=1S/C15H24N2O/c1-4-5-6-12-17(14(2)18-3)13-9-15-7-10-16-11-8-15/h7-8,10-11H,2,4-6,9,12-13H2,1,3H3. The van der Waals surface area contributed by atoms with Crippen LogP contribution in [0.5, 0.6) is 0 Å². The Morgan fingerprint density at radius 3 is 2.61 bits per heavy atom. The number of methoxy groups -OCH3 is 1. The fourth-order valence-corrected chi connectivity index (χ4v) is 1.86. The Morgan fingerprint density at radius 2 is 2.00 bits per heavy atom. The molecule has 0 aliphatic carbocycles. The van der Waals surface area contributed by atoms with Crippen molar-refractivity contribution in [3.05, 3.63) is 42.6 Å². The summed E-state index contributed by atoms with van der Waals surface area (Å²) in [5.74, 6) is 0.764. The van der Waals surface area contributed by atoms with Gasteiger partial charge in [-0.05, 0) is 37.1 Å². The molecule has 1 heterocycles. The lowest BCUT2D eigenvalue weighted by molar-refractivity contribution is 0.153. The topological polar surface area (TPSA) is 25.4 Å². The second kappa shape index (κ2) is 8.56. The van der Waals surface area contributed by atoms with E-state index < -0.39 is 0 Å². The van der Waals surface area contributed by atoms with E-state index in [1.165, 1.54) is 24.8 Å². The molecule has 3 heteroatoms. The molecule has 0 atom stereocenters.